The number of alkyl carbamates (subject to hydrolysis) is 1. The van der Waals surface area contributed by atoms with Gasteiger partial charge in [0, 0.05) is 19.1 Å². The van der Waals surface area contributed by atoms with E-state index in [4.69, 9.17) is 4.74 Å². The van der Waals surface area contributed by atoms with Gasteiger partial charge in [0.1, 0.15) is 0 Å². The maximum absolute atomic E-state index is 11.5. The Bertz CT molecular complexity index is 259. The Balaban J connectivity index is 2.46. The minimum absolute atomic E-state index is 0.251. The van der Waals surface area contributed by atoms with Crippen LogP contribution in [0.15, 0.2) is 0 Å². The Morgan fingerprint density at radius 1 is 1.26 bits per heavy atom. The van der Waals surface area contributed by atoms with E-state index < -0.39 is 0 Å². The summed E-state index contributed by atoms with van der Waals surface area (Å²) in [5, 5.41) is 3.01. The van der Waals surface area contributed by atoms with Crippen molar-refractivity contribution in [2.75, 3.05) is 26.2 Å². The smallest absolute Gasteiger partial charge is 0.407 e. The predicted octanol–water partition coefficient (Wildman–Crippen LogP) is 3.02. The predicted molar refractivity (Wildman–Crippen MR) is 78.3 cm³/mol. The molecule has 0 aliphatic carbocycles. The summed E-state index contributed by atoms with van der Waals surface area (Å²) >= 11 is 0. The molecular weight excluding hydrogens is 240 g/mol. The van der Waals surface area contributed by atoms with Crippen LogP contribution in [-0.4, -0.2) is 43.3 Å². The van der Waals surface area contributed by atoms with Crippen molar-refractivity contribution in [1.82, 2.24) is 10.2 Å². The van der Waals surface area contributed by atoms with Gasteiger partial charge in [-0.25, -0.2) is 4.79 Å². The second-order valence-corrected chi connectivity index (χ2v) is 5.57. The number of nitrogens with one attached hydrogen (secondary N) is 1. The molecule has 0 aromatic heterocycles. The van der Waals surface area contributed by atoms with E-state index in [0.29, 0.717) is 12.5 Å². The number of hydrogen-bond donors (Lipinski definition) is 1. The number of piperidine rings is 1. The van der Waals surface area contributed by atoms with Crippen LogP contribution in [-0.2, 0) is 4.74 Å². The number of likely N-dealkylation sites (tertiary alicyclic amines) is 1. The lowest BCUT2D eigenvalue weighted by Crippen LogP contribution is -2.51. The Labute approximate surface area is 117 Å². The first-order valence-electron chi connectivity index (χ1n) is 7.85. The molecule has 1 saturated heterocycles. The molecule has 1 aliphatic heterocycles. The van der Waals surface area contributed by atoms with E-state index in [1.165, 1.54) is 32.2 Å². The van der Waals surface area contributed by atoms with Gasteiger partial charge in [0.15, 0.2) is 0 Å². The molecule has 4 nitrogen and oxygen atoms in total. The molecule has 0 spiro atoms. The van der Waals surface area contributed by atoms with Gasteiger partial charge in [0.25, 0.3) is 0 Å². The van der Waals surface area contributed by atoms with Crippen LogP contribution in [0.2, 0.25) is 0 Å². The lowest BCUT2D eigenvalue weighted by atomic mass is 9.90. The fraction of sp³-hybridized carbons (Fsp3) is 0.933. The molecule has 1 heterocycles. The van der Waals surface area contributed by atoms with Gasteiger partial charge in [-0.05, 0) is 38.6 Å². The number of unbranched alkanes of at least 4 members (excludes halogenated alkanes) is 1. The third kappa shape index (κ3) is 6.28. The quantitative estimate of drug-likeness (QED) is 0.773. The van der Waals surface area contributed by atoms with Crippen molar-refractivity contribution in [3.05, 3.63) is 0 Å². The molecule has 0 aromatic rings. The maximum Gasteiger partial charge on any atom is 0.407 e. The van der Waals surface area contributed by atoms with Gasteiger partial charge in [-0.3, -0.25) is 0 Å². The third-order valence-corrected chi connectivity index (χ3v) is 3.74. The zero-order valence-corrected chi connectivity index (χ0v) is 12.8. The van der Waals surface area contributed by atoms with Crippen LogP contribution in [0.4, 0.5) is 4.79 Å². The lowest BCUT2D eigenvalue weighted by Gasteiger charge is -2.38. The summed E-state index contributed by atoms with van der Waals surface area (Å²) in [5.74, 6) is 0.711. The van der Waals surface area contributed by atoms with Gasteiger partial charge in [0.05, 0.1) is 6.61 Å². The first-order chi connectivity index (χ1) is 9.19. The maximum atomic E-state index is 11.5. The van der Waals surface area contributed by atoms with Crippen LogP contribution in [0.25, 0.3) is 0 Å². The van der Waals surface area contributed by atoms with Crippen molar-refractivity contribution in [2.24, 2.45) is 5.92 Å². The fourth-order valence-corrected chi connectivity index (χ4v) is 2.93. The van der Waals surface area contributed by atoms with Gasteiger partial charge >= 0.3 is 6.09 Å². The topological polar surface area (TPSA) is 41.6 Å². The van der Waals surface area contributed by atoms with Crippen molar-refractivity contribution in [1.29, 1.82) is 0 Å². The molecule has 0 bridgehead atoms. The fourth-order valence-electron chi connectivity index (χ4n) is 2.93. The number of amides is 1. The SMILES string of the molecule is CCCCN1CC(CCC)CC(NC(=O)OCC)C1. The second kappa shape index (κ2) is 9.18. The molecule has 2 unspecified atom stereocenters. The minimum Gasteiger partial charge on any atom is -0.450 e. The average Bonchev–Trinajstić information content (AvgIpc) is 2.36. The molecule has 1 rings (SSSR count). The second-order valence-electron chi connectivity index (χ2n) is 5.57. The molecule has 4 heteroatoms. The summed E-state index contributed by atoms with van der Waals surface area (Å²) in [5.41, 5.74) is 0. The highest BCUT2D eigenvalue weighted by Crippen LogP contribution is 2.21. The lowest BCUT2D eigenvalue weighted by molar-refractivity contribution is 0.113. The van der Waals surface area contributed by atoms with Gasteiger partial charge in [-0.2, -0.15) is 0 Å². The number of hydrogen-bond acceptors (Lipinski definition) is 3. The molecule has 112 valence electrons. The van der Waals surface area contributed by atoms with Crippen molar-refractivity contribution < 1.29 is 9.53 Å². The third-order valence-electron chi connectivity index (χ3n) is 3.74. The van der Waals surface area contributed by atoms with Crippen LogP contribution >= 0.6 is 0 Å². The van der Waals surface area contributed by atoms with Gasteiger partial charge < -0.3 is 15.0 Å². The van der Waals surface area contributed by atoms with Gasteiger partial charge in [0.2, 0.25) is 0 Å². The first kappa shape index (κ1) is 16.3. The molecule has 0 radical (unpaired) electrons. The van der Waals surface area contributed by atoms with Crippen LogP contribution in [0, 0.1) is 5.92 Å². The Hall–Kier alpha value is -0.770. The number of ether oxygens (including phenoxy) is 1. The van der Waals surface area contributed by atoms with Crippen LogP contribution in [0.1, 0.15) is 52.9 Å². The zero-order valence-electron chi connectivity index (χ0n) is 12.8. The van der Waals surface area contributed by atoms with Crippen molar-refractivity contribution in [3.8, 4) is 0 Å². The van der Waals surface area contributed by atoms with Gasteiger partial charge in [-0.15, -0.1) is 0 Å². The Morgan fingerprint density at radius 2 is 2.05 bits per heavy atom. The summed E-state index contributed by atoms with van der Waals surface area (Å²) in [6, 6.07) is 0.251. The number of nitrogens with zero attached hydrogens (tertiary/aromatic N) is 1. The molecule has 0 saturated carbocycles. The molecule has 1 fully saturated rings. The van der Waals surface area contributed by atoms with Crippen LogP contribution < -0.4 is 5.32 Å². The molecule has 1 N–H and O–H groups in total. The summed E-state index contributed by atoms with van der Waals surface area (Å²) < 4.78 is 4.99. The van der Waals surface area contributed by atoms with E-state index in [0.717, 1.165) is 19.5 Å². The van der Waals surface area contributed by atoms with Crippen LogP contribution in [0.3, 0.4) is 0 Å². The number of carbonyl (C=O) groups excluding carboxylic acids is 1. The molecule has 1 amide bonds. The molecule has 0 aromatic carbocycles. The monoisotopic (exact) mass is 270 g/mol. The van der Waals surface area contributed by atoms with E-state index >= 15 is 0 Å². The largest absolute Gasteiger partial charge is 0.450 e. The highest BCUT2D eigenvalue weighted by atomic mass is 16.5. The Morgan fingerprint density at radius 3 is 2.68 bits per heavy atom. The standard InChI is InChI=1S/C15H30N2O2/c1-4-7-9-17-11-13(8-5-2)10-14(12-17)16-15(18)19-6-3/h13-14H,4-12H2,1-3H3,(H,16,18). The zero-order chi connectivity index (χ0) is 14.1. The molecule has 1 aliphatic rings. The normalized spacial score (nSPS) is 24.2. The van der Waals surface area contributed by atoms with E-state index in [-0.39, 0.29) is 12.1 Å². The highest BCUT2D eigenvalue weighted by molar-refractivity contribution is 5.67. The van der Waals surface area contributed by atoms with Gasteiger partial charge in [-0.1, -0.05) is 26.7 Å². The summed E-state index contributed by atoms with van der Waals surface area (Å²) in [6.45, 7) is 10.1. The van der Waals surface area contributed by atoms with E-state index in [1.54, 1.807) is 0 Å². The van der Waals surface area contributed by atoms with E-state index in [1.807, 2.05) is 6.92 Å². The van der Waals surface area contributed by atoms with Crippen molar-refractivity contribution in [2.45, 2.75) is 58.9 Å². The molecule has 2 atom stereocenters. The first-order valence-corrected chi connectivity index (χ1v) is 7.85. The average molecular weight is 270 g/mol. The summed E-state index contributed by atoms with van der Waals surface area (Å²) in [4.78, 5) is 14.0. The van der Waals surface area contributed by atoms with Crippen LogP contribution in [0.5, 0.6) is 0 Å². The molecule has 19 heavy (non-hydrogen) atoms. The Kier molecular flexibility index (Phi) is 7.87. The number of rotatable bonds is 7. The molecular formula is C15H30N2O2. The summed E-state index contributed by atoms with van der Waals surface area (Å²) in [6.07, 6.45) is 5.77. The van der Waals surface area contributed by atoms with E-state index in [2.05, 4.69) is 24.1 Å². The highest BCUT2D eigenvalue weighted by Gasteiger charge is 2.27. The van der Waals surface area contributed by atoms with Crippen molar-refractivity contribution in [3.63, 3.8) is 0 Å². The van der Waals surface area contributed by atoms with E-state index in [9.17, 15) is 4.79 Å². The summed E-state index contributed by atoms with van der Waals surface area (Å²) in [7, 11) is 0. The number of carbonyl (C=O) groups is 1. The minimum atomic E-state index is -0.264. The van der Waals surface area contributed by atoms with Crippen molar-refractivity contribution >= 4 is 6.09 Å².